The fourth-order valence-corrected chi connectivity index (χ4v) is 5.50. The SMILES string of the molecule is Cc1cccc(NC(=O)CN(C[C@H]2CCCO2)C(=O)[C@@H]2CCS(=O)(=O)C2)c1C. The summed E-state index contributed by atoms with van der Waals surface area (Å²) in [6.45, 7) is 4.76. The minimum Gasteiger partial charge on any atom is -0.376 e. The van der Waals surface area contributed by atoms with Crippen molar-refractivity contribution in [2.24, 2.45) is 5.92 Å². The number of amides is 2. The first-order valence-electron chi connectivity index (χ1n) is 9.72. The van der Waals surface area contributed by atoms with Gasteiger partial charge < -0.3 is 15.0 Å². The van der Waals surface area contributed by atoms with Crippen LogP contribution < -0.4 is 5.32 Å². The molecule has 1 aromatic rings. The lowest BCUT2D eigenvalue weighted by Gasteiger charge is -2.27. The summed E-state index contributed by atoms with van der Waals surface area (Å²) in [5.74, 6) is -1.23. The molecule has 2 saturated heterocycles. The molecule has 7 nitrogen and oxygen atoms in total. The first kappa shape index (κ1) is 20.8. The highest BCUT2D eigenvalue weighted by Gasteiger charge is 2.37. The third-order valence-electron chi connectivity index (χ3n) is 5.55. The molecule has 0 aliphatic carbocycles. The predicted molar refractivity (Wildman–Crippen MR) is 107 cm³/mol. The van der Waals surface area contributed by atoms with Crippen molar-refractivity contribution >= 4 is 27.3 Å². The smallest absolute Gasteiger partial charge is 0.244 e. The van der Waals surface area contributed by atoms with E-state index < -0.39 is 15.8 Å². The van der Waals surface area contributed by atoms with Crippen molar-refractivity contribution in [3.63, 3.8) is 0 Å². The van der Waals surface area contributed by atoms with Crippen LogP contribution in [0, 0.1) is 19.8 Å². The number of anilines is 1. The molecule has 154 valence electrons. The fraction of sp³-hybridized carbons (Fsp3) is 0.600. The Hall–Kier alpha value is -1.93. The summed E-state index contributed by atoms with van der Waals surface area (Å²) >= 11 is 0. The minimum atomic E-state index is -3.17. The summed E-state index contributed by atoms with van der Waals surface area (Å²) in [5.41, 5.74) is 2.77. The second-order valence-electron chi connectivity index (χ2n) is 7.75. The zero-order valence-corrected chi connectivity index (χ0v) is 17.3. The highest BCUT2D eigenvalue weighted by atomic mass is 32.2. The number of nitrogens with zero attached hydrogens (tertiary/aromatic N) is 1. The van der Waals surface area contributed by atoms with Crippen LogP contribution in [0.4, 0.5) is 5.69 Å². The van der Waals surface area contributed by atoms with Gasteiger partial charge >= 0.3 is 0 Å². The molecule has 0 radical (unpaired) electrons. The fourth-order valence-electron chi connectivity index (χ4n) is 3.76. The molecular formula is C20H28N2O5S. The van der Waals surface area contributed by atoms with Gasteiger partial charge in [0.2, 0.25) is 11.8 Å². The first-order chi connectivity index (χ1) is 13.2. The molecule has 2 aliphatic heterocycles. The van der Waals surface area contributed by atoms with Gasteiger partial charge in [-0.3, -0.25) is 9.59 Å². The maximum Gasteiger partial charge on any atom is 0.244 e. The molecule has 1 N–H and O–H groups in total. The van der Waals surface area contributed by atoms with E-state index >= 15 is 0 Å². The molecule has 3 rings (SSSR count). The normalized spacial score (nSPS) is 23.5. The Kier molecular flexibility index (Phi) is 6.40. The van der Waals surface area contributed by atoms with Gasteiger partial charge in [0.05, 0.1) is 30.1 Å². The van der Waals surface area contributed by atoms with E-state index in [0.717, 1.165) is 29.7 Å². The van der Waals surface area contributed by atoms with Gasteiger partial charge in [-0.1, -0.05) is 12.1 Å². The van der Waals surface area contributed by atoms with Crippen LogP contribution in [-0.2, 0) is 24.2 Å². The number of sulfone groups is 1. The van der Waals surface area contributed by atoms with Crippen LogP contribution in [0.5, 0.6) is 0 Å². The van der Waals surface area contributed by atoms with Gasteiger partial charge in [0, 0.05) is 18.8 Å². The molecule has 0 saturated carbocycles. The van der Waals surface area contributed by atoms with Crippen molar-refractivity contribution in [2.75, 3.05) is 36.5 Å². The van der Waals surface area contributed by atoms with Crippen LogP contribution in [0.2, 0.25) is 0 Å². The molecule has 0 bridgehead atoms. The first-order valence-corrected chi connectivity index (χ1v) is 11.5. The summed E-state index contributed by atoms with van der Waals surface area (Å²) in [4.78, 5) is 27.1. The van der Waals surface area contributed by atoms with Crippen LogP contribution >= 0.6 is 0 Å². The Morgan fingerprint density at radius 1 is 1.25 bits per heavy atom. The lowest BCUT2D eigenvalue weighted by Crippen LogP contribution is -2.45. The molecule has 1 aromatic carbocycles. The number of rotatable bonds is 6. The van der Waals surface area contributed by atoms with Crippen LogP contribution in [-0.4, -0.2) is 62.4 Å². The van der Waals surface area contributed by atoms with Crippen molar-refractivity contribution < 1.29 is 22.7 Å². The Morgan fingerprint density at radius 3 is 2.68 bits per heavy atom. The second-order valence-corrected chi connectivity index (χ2v) is 9.98. The van der Waals surface area contributed by atoms with Crippen molar-refractivity contribution in [1.29, 1.82) is 0 Å². The Labute approximate surface area is 166 Å². The highest BCUT2D eigenvalue weighted by Crippen LogP contribution is 2.23. The number of carbonyl (C=O) groups excluding carboxylic acids is 2. The van der Waals surface area contributed by atoms with Gasteiger partial charge in [0.1, 0.15) is 0 Å². The number of hydrogen-bond acceptors (Lipinski definition) is 5. The molecule has 2 amide bonds. The Morgan fingerprint density at radius 2 is 2.04 bits per heavy atom. The van der Waals surface area contributed by atoms with Gasteiger partial charge in [0.15, 0.2) is 9.84 Å². The van der Waals surface area contributed by atoms with Crippen LogP contribution in [0.25, 0.3) is 0 Å². The molecule has 2 atom stereocenters. The van der Waals surface area contributed by atoms with E-state index in [0.29, 0.717) is 19.6 Å². The lowest BCUT2D eigenvalue weighted by atomic mass is 10.1. The van der Waals surface area contributed by atoms with Crippen molar-refractivity contribution in [1.82, 2.24) is 4.90 Å². The summed E-state index contributed by atoms with van der Waals surface area (Å²) < 4.78 is 29.2. The van der Waals surface area contributed by atoms with Gasteiger partial charge in [-0.25, -0.2) is 8.42 Å². The molecule has 2 heterocycles. The van der Waals surface area contributed by atoms with Crippen LogP contribution in [0.3, 0.4) is 0 Å². The van der Waals surface area contributed by atoms with Gasteiger partial charge in [-0.15, -0.1) is 0 Å². The average molecular weight is 409 g/mol. The number of benzene rings is 1. The number of ether oxygens (including phenoxy) is 1. The molecule has 0 unspecified atom stereocenters. The minimum absolute atomic E-state index is 0.0336. The molecule has 2 aliphatic rings. The number of hydrogen-bond donors (Lipinski definition) is 1. The second kappa shape index (κ2) is 8.61. The molecule has 28 heavy (non-hydrogen) atoms. The molecule has 0 aromatic heterocycles. The summed E-state index contributed by atoms with van der Waals surface area (Å²) in [7, 11) is -3.17. The highest BCUT2D eigenvalue weighted by molar-refractivity contribution is 7.91. The summed E-state index contributed by atoms with van der Waals surface area (Å²) in [6, 6.07) is 5.67. The summed E-state index contributed by atoms with van der Waals surface area (Å²) in [6.07, 6.45) is 1.99. The van der Waals surface area contributed by atoms with Gasteiger partial charge in [-0.05, 0) is 50.3 Å². The maximum absolute atomic E-state index is 13.0. The monoisotopic (exact) mass is 408 g/mol. The molecule has 2 fully saturated rings. The number of carbonyl (C=O) groups is 2. The third kappa shape index (κ3) is 5.11. The van der Waals surface area contributed by atoms with Crippen molar-refractivity contribution in [3.8, 4) is 0 Å². The molecular weight excluding hydrogens is 380 g/mol. The van der Waals surface area contributed by atoms with E-state index in [2.05, 4.69) is 5.32 Å². The van der Waals surface area contributed by atoms with E-state index in [-0.39, 0.29) is 36.0 Å². The van der Waals surface area contributed by atoms with E-state index in [1.165, 1.54) is 4.90 Å². The van der Waals surface area contributed by atoms with Crippen LogP contribution in [0.15, 0.2) is 18.2 Å². The van der Waals surface area contributed by atoms with Crippen molar-refractivity contribution in [3.05, 3.63) is 29.3 Å². The van der Waals surface area contributed by atoms with E-state index in [4.69, 9.17) is 4.74 Å². The number of aryl methyl sites for hydroxylation is 1. The predicted octanol–water partition coefficient (Wildman–Crippen LogP) is 1.68. The average Bonchev–Trinajstić information content (AvgIpc) is 3.27. The standard InChI is InChI=1S/C20H28N2O5S/c1-14-5-3-7-18(15(14)2)21-19(23)12-22(11-17-6-4-9-27-17)20(24)16-8-10-28(25,26)13-16/h3,5,7,16-17H,4,6,8-13H2,1-2H3,(H,21,23)/t16-,17-/m1/s1. The number of nitrogens with one attached hydrogen (secondary N) is 1. The Bertz CT molecular complexity index is 846. The van der Waals surface area contributed by atoms with E-state index in [1.807, 2.05) is 32.0 Å². The largest absolute Gasteiger partial charge is 0.376 e. The van der Waals surface area contributed by atoms with Gasteiger partial charge in [-0.2, -0.15) is 0 Å². The van der Waals surface area contributed by atoms with E-state index in [1.54, 1.807) is 0 Å². The topological polar surface area (TPSA) is 92.8 Å². The molecule has 8 heteroatoms. The Balaban J connectivity index is 1.70. The van der Waals surface area contributed by atoms with Crippen LogP contribution in [0.1, 0.15) is 30.4 Å². The maximum atomic E-state index is 13.0. The van der Waals surface area contributed by atoms with Gasteiger partial charge in [0.25, 0.3) is 0 Å². The molecule has 0 spiro atoms. The third-order valence-corrected chi connectivity index (χ3v) is 7.32. The summed E-state index contributed by atoms with van der Waals surface area (Å²) in [5, 5.41) is 2.88. The zero-order chi connectivity index (χ0) is 20.3. The quantitative estimate of drug-likeness (QED) is 0.773. The van der Waals surface area contributed by atoms with Crippen molar-refractivity contribution in [2.45, 2.75) is 39.2 Å². The lowest BCUT2D eigenvalue weighted by molar-refractivity contribution is -0.139. The zero-order valence-electron chi connectivity index (χ0n) is 16.4. The van der Waals surface area contributed by atoms with E-state index in [9.17, 15) is 18.0 Å².